The van der Waals surface area contributed by atoms with E-state index in [9.17, 15) is 5.11 Å². The maximum absolute atomic E-state index is 9.54. The lowest BCUT2D eigenvalue weighted by Crippen LogP contribution is -2.19. The SMILES string of the molecule is OCC(Cl)COc1ccc(Cc2ccccc2OCC(O)CCl)cc1. The first-order valence-corrected chi connectivity index (χ1v) is 9.01. The molecule has 2 atom stereocenters. The minimum Gasteiger partial charge on any atom is -0.492 e. The topological polar surface area (TPSA) is 58.9 Å². The molecule has 0 aliphatic rings. The molecule has 0 aliphatic heterocycles. The van der Waals surface area contributed by atoms with Gasteiger partial charge >= 0.3 is 0 Å². The summed E-state index contributed by atoms with van der Waals surface area (Å²) < 4.78 is 11.2. The van der Waals surface area contributed by atoms with Crippen LogP contribution in [0.5, 0.6) is 11.5 Å². The maximum Gasteiger partial charge on any atom is 0.122 e. The van der Waals surface area contributed by atoms with Crippen molar-refractivity contribution in [2.75, 3.05) is 25.7 Å². The molecule has 136 valence electrons. The summed E-state index contributed by atoms with van der Waals surface area (Å²) in [4.78, 5) is 0. The van der Waals surface area contributed by atoms with Gasteiger partial charge < -0.3 is 19.7 Å². The first-order valence-electron chi connectivity index (χ1n) is 8.03. The molecule has 4 nitrogen and oxygen atoms in total. The fourth-order valence-electron chi connectivity index (χ4n) is 2.18. The molecular weight excluding hydrogens is 363 g/mol. The lowest BCUT2D eigenvalue weighted by molar-refractivity contribution is 0.125. The smallest absolute Gasteiger partial charge is 0.122 e. The number of aliphatic hydroxyl groups is 2. The highest BCUT2D eigenvalue weighted by Crippen LogP contribution is 2.23. The highest BCUT2D eigenvalue weighted by Gasteiger charge is 2.08. The van der Waals surface area contributed by atoms with Gasteiger partial charge in [-0.3, -0.25) is 0 Å². The predicted molar refractivity (Wildman–Crippen MR) is 100 cm³/mol. The van der Waals surface area contributed by atoms with Crippen LogP contribution in [-0.2, 0) is 6.42 Å². The van der Waals surface area contributed by atoms with Crippen LogP contribution in [0.25, 0.3) is 0 Å². The van der Waals surface area contributed by atoms with Crippen LogP contribution in [0.4, 0.5) is 0 Å². The average molecular weight is 385 g/mol. The van der Waals surface area contributed by atoms with E-state index in [1.165, 1.54) is 0 Å². The number of benzene rings is 2. The molecule has 6 heteroatoms. The molecule has 0 aliphatic carbocycles. The van der Waals surface area contributed by atoms with E-state index in [1.807, 2.05) is 48.5 Å². The second-order valence-electron chi connectivity index (χ2n) is 5.64. The second-order valence-corrected chi connectivity index (χ2v) is 6.56. The summed E-state index contributed by atoms with van der Waals surface area (Å²) in [5.41, 5.74) is 2.13. The zero-order valence-corrected chi connectivity index (χ0v) is 15.3. The number of alkyl halides is 2. The van der Waals surface area contributed by atoms with Crippen LogP contribution in [0, 0.1) is 0 Å². The van der Waals surface area contributed by atoms with Crippen molar-refractivity contribution in [1.82, 2.24) is 0 Å². The van der Waals surface area contributed by atoms with Gasteiger partial charge in [-0.05, 0) is 29.3 Å². The second kappa shape index (κ2) is 10.5. The zero-order chi connectivity index (χ0) is 18.1. The van der Waals surface area contributed by atoms with Gasteiger partial charge in [0.15, 0.2) is 0 Å². The molecule has 0 spiro atoms. The Bertz CT molecular complexity index is 634. The number of halogens is 2. The molecule has 0 bridgehead atoms. The summed E-state index contributed by atoms with van der Waals surface area (Å²) in [5.74, 6) is 1.58. The minimum absolute atomic E-state index is 0.116. The van der Waals surface area contributed by atoms with Gasteiger partial charge in [0.05, 0.1) is 17.9 Å². The summed E-state index contributed by atoms with van der Waals surface area (Å²) in [6.45, 7) is 0.309. The van der Waals surface area contributed by atoms with E-state index in [2.05, 4.69) is 0 Å². The average Bonchev–Trinajstić information content (AvgIpc) is 2.66. The van der Waals surface area contributed by atoms with Crippen LogP contribution in [-0.4, -0.2) is 47.4 Å². The van der Waals surface area contributed by atoms with Crippen molar-refractivity contribution in [3.63, 3.8) is 0 Å². The first kappa shape index (κ1) is 19.9. The Morgan fingerprint density at radius 2 is 1.68 bits per heavy atom. The monoisotopic (exact) mass is 384 g/mol. The fraction of sp³-hybridized carbons (Fsp3) is 0.368. The first-order chi connectivity index (χ1) is 12.1. The van der Waals surface area contributed by atoms with E-state index >= 15 is 0 Å². The Hall–Kier alpha value is -1.46. The molecule has 0 heterocycles. The van der Waals surface area contributed by atoms with Crippen molar-refractivity contribution >= 4 is 23.2 Å². The summed E-state index contributed by atoms with van der Waals surface area (Å²) in [5, 5.41) is 18.0. The van der Waals surface area contributed by atoms with Gasteiger partial charge in [-0.15, -0.1) is 23.2 Å². The Morgan fingerprint density at radius 1 is 0.960 bits per heavy atom. The molecule has 0 fully saturated rings. The fourth-order valence-corrected chi connectivity index (χ4v) is 2.34. The van der Waals surface area contributed by atoms with Crippen LogP contribution < -0.4 is 9.47 Å². The van der Waals surface area contributed by atoms with Crippen LogP contribution in [0.15, 0.2) is 48.5 Å². The van der Waals surface area contributed by atoms with E-state index in [0.29, 0.717) is 12.2 Å². The maximum atomic E-state index is 9.54. The molecule has 2 N–H and O–H groups in total. The Balaban J connectivity index is 1.97. The minimum atomic E-state index is -0.684. The van der Waals surface area contributed by atoms with Crippen LogP contribution >= 0.6 is 23.2 Å². The number of hydrogen-bond acceptors (Lipinski definition) is 4. The molecule has 0 radical (unpaired) electrons. The van der Waals surface area contributed by atoms with E-state index < -0.39 is 11.5 Å². The molecule has 25 heavy (non-hydrogen) atoms. The molecule has 2 aromatic carbocycles. The number of para-hydroxylation sites is 1. The molecular formula is C19H22Cl2O4. The quantitative estimate of drug-likeness (QED) is 0.617. The molecule has 2 aromatic rings. The Morgan fingerprint density at radius 3 is 2.36 bits per heavy atom. The van der Waals surface area contributed by atoms with Gasteiger partial charge in [0.1, 0.15) is 30.8 Å². The van der Waals surface area contributed by atoms with E-state index in [0.717, 1.165) is 16.9 Å². The number of ether oxygens (including phenoxy) is 2. The lowest BCUT2D eigenvalue weighted by Gasteiger charge is -2.14. The van der Waals surface area contributed by atoms with E-state index in [-0.39, 0.29) is 25.7 Å². The molecule has 0 saturated heterocycles. The van der Waals surface area contributed by atoms with Gasteiger partial charge in [0.25, 0.3) is 0 Å². The third kappa shape index (κ3) is 6.75. The van der Waals surface area contributed by atoms with Crippen molar-refractivity contribution < 1.29 is 19.7 Å². The highest BCUT2D eigenvalue weighted by molar-refractivity contribution is 6.20. The standard InChI is InChI=1S/C19H22Cl2O4/c20-10-17(23)13-25-19-4-2-1-3-15(19)9-14-5-7-18(8-6-14)24-12-16(21)11-22/h1-8,16-17,22-23H,9-13H2. The van der Waals surface area contributed by atoms with E-state index in [1.54, 1.807) is 0 Å². The molecule has 2 unspecified atom stereocenters. The summed E-state index contributed by atoms with van der Waals surface area (Å²) >= 11 is 11.4. The van der Waals surface area contributed by atoms with Crippen molar-refractivity contribution in [3.8, 4) is 11.5 Å². The molecule has 2 rings (SSSR count). The van der Waals surface area contributed by atoms with Crippen molar-refractivity contribution in [1.29, 1.82) is 0 Å². The molecule has 0 aromatic heterocycles. The largest absolute Gasteiger partial charge is 0.492 e. The van der Waals surface area contributed by atoms with Gasteiger partial charge in [-0.25, -0.2) is 0 Å². The normalized spacial score (nSPS) is 13.3. The van der Waals surface area contributed by atoms with Gasteiger partial charge in [-0.1, -0.05) is 30.3 Å². The van der Waals surface area contributed by atoms with Gasteiger partial charge in [-0.2, -0.15) is 0 Å². The van der Waals surface area contributed by atoms with Crippen molar-refractivity contribution in [2.45, 2.75) is 17.9 Å². The number of aliphatic hydroxyl groups excluding tert-OH is 2. The third-order valence-corrected chi connectivity index (χ3v) is 4.15. The number of hydrogen-bond donors (Lipinski definition) is 2. The third-order valence-electron chi connectivity index (χ3n) is 3.53. The molecule has 0 saturated carbocycles. The van der Waals surface area contributed by atoms with Crippen LogP contribution in [0.1, 0.15) is 11.1 Å². The summed E-state index contributed by atoms with van der Waals surface area (Å²) in [6.07, 6.45) is 0.0122. The van der Waals surface area contributed by atoms with Gasteiger partial charge in [0, 0.05) is 6.42 Å². The van der Waals surface area contributed by atoms with Crippen LogP contribution in [0.2, 0.25) is 0 Å². The van der Waals surface area contributed by atoms with Crippen molar-refractivity contribution in [3.05, 3.63) is 59.7 Å². The zero-order valence-electron chi connectivity index (χ0n) is 13.8. The van der Waals surface area contributed by atoms with E-state index in [4.69, 9.17) is 37.8 Å². The summed E-state index contributed by atoms with van der Waals surface area (Å²) in [6, 6.07) is 15.4. The van der Waals surface area contributed by atoms with Crippen LogP contribution in [0.3, 0.4) is 0 Å². The Kier molecular flexibility index (Phi) is 8.35. The molecule has 0 amide bonds. The van der Waals surface area contributed by atoms with Gasteiger partial charge in [0.2, 0.25) is 0 Å². The highest BCUT2D eigenvalue weighted by atomic mass is 35.5. The van der Waals surface area contributed by atoms with Crippen molar-refractivity contribution in [2.24, 2.45) is 0 Å². The Labute approximate surface area is 157 Å². The lowest BCUT2D eigenvalue weighted by atomic mass is 10.0. The number of rotatable bonds is 10. The predicted octanol–water partition coefficient (Wildman–Crippen LogP) is 3.23. The summed E-state index contributed by atoms with van der Waals surface area (Å²) in [7, 11) is 0.